The zero-order chi connectivity index (χ0) is 11.1. The van der Waals surface area contributed by atoms with Gasteiger partial charge in [-0.25, -0.2) is 0 Å². The van der Waals surface area contributed by atoms with Gasteiger partial charge in [0.25, 0.3) is 0 Å². The molecule has 0 aromatic carbocycles. The minimum Gasteiger partial charge on any atom is -0.197 e. The second-order valence-corrected chi connectivity index (χ2v) is 5.97. The smallest absolute Gasteiger partial charge is 0.0813 e. The largest absolute Gasteiger partial charge is 0.197 e. The number of hydrogen-bond donors (Lipinski definition) is 0. The molecule has 2 atom stereocenters. The Labute approximate surface area is 93.2 Å². The van der Waals surface area contributed by atoms with Crippen LogP contribution >= 0.6 is 0 Å². The standard InChI is InChI=1S/C14H21N/c1-11-6-4-8-13(2,3)12-7-5-9-14(11,12)10-15/h12H,1,4-9H2,2-3H3/t12-,14-/m0/s1. The van der Waals surface area contributed by atoms with E-state index in [4.69, 9.17) is 0 Å². The topological polar surface area (TPSA) is 23.8 Å². The first-order valence-electron chi connectivity index (χ1n) is 6.12. The third-order valence-corrected chi connectivity index (χ3v) is 4.73. The fourth-order valence-corrected chi connectivity index (χ4v) is 3.85. The quantitative estimate of drug-likeness (QED) is 0.545. The molecule has 2 fully saturated rings. The summed E-state index contributed by atoms with van der Waals surface area (Å²) in [5.41, 5.74) is 1.36. The summed E-state index contributed by atoms with van der Waals surface area (Å²) in [5, 5.41) is 9.57. The van der Waals surface area contributed by atoms with Crippen molar-refractivity contribution in [3.8, 4) is 6.07 Å². The van der Waals surface area contributed by atoms with Crippen LogP contribution in [0.25, 0.3) is 0 Å². The number of nitriles is 1. The number of fused-ring (bicyclic) bond motifs is 1. The van der Waals surface area contributed by atoms with E-state index in [9.17, 15) is 5.26 Å². The van der Waals surface area contributed by atoms with Gasteiger partial charge in [-0.2, -0.15) is 5.26 Å². The zero-order valence-corrected chi connectivity index (χ0v) is 9.97. The van der Waals surface area contributed by atoms with Crippen molar-refractivity contribution in [3.05, 3.63) is 12.2 Å². The van der Waals surface area contributed by atoms with Crippen LogP contribution in [0.5, 0.6) is 0 Å². The maximum atomic E-state index is 9.57. The van der Waals surface area contributed by atoms with Crippen molar-refractivity contribution in [2.45, 2.75) is 52.4 Å². The molecule has 0 aromatic heterocycles. The number of rotatable bonds is 0. The van der Waals surface area contributed by atoms with Gasteiger partial charge < -0.3 is 0 Å². The molecule has 0 heterocycles. The molecule has 15 heavy (non-hydrogen) atoms. The number of hydrogen-bond acceptors (Lipinski definition) is 1. The fraction of sp³-hybridized carbons (Fsp3) is 0.786. The van der Waals surface area contributed by atoms with E-state index in [0.717, 1.165) is 12.8 Å². The Hall–Kier alpha value is -0.770. The van der Waals surface area contributed by atoms with Crippen LogP contribution in [0.1, 0.15) is 52.4 Å². The molecule has 1 heteroatoms. The van der Waals surface area contributed by atoms with Crippen LogP contribution in [0, 0.1) is 28.1 Å². The van der Waals surface area contributed by atoms with E-state index in [-0.39, 0.29) is 5.41 Å². The van der Waals surface area contributed by atoms with Gasteiger partial charge in [-0.15, -0.1) is 0 Å². The maximum absolute atomic E-state index is 9.57. The summed E-state index contributed by atoms with van der Waals surface area (Å²) in [6.07, 6.45) is 7.01. The highest BCUT2D eigenvalue weighted by Crippen LogP contribution is 2.59. The van der Waals surface area contributed by atoms with Gasteiger partial charge in [-0.05, 0) is 43.4 Å². The minimum absolute atomic E-state index is 0.181. The molecule has 0 N–H and O–H groups in total. The Morgan fingerprint density at radius 3 is 2.73 bits per heavy atom. The molecule has 0 saturated heterocycles. The van der Waals surface area contributed by atoms with Gasteiger partial charge in [-0.1, -0.05) is 32.4 Å². The Bertz CT molecular complexity index is 321. The summed E-state index contributed by atoms with van der Waals surface area (Å²) in [4.78, 5) is 0. The van der Waals surface area contributed by atoms with Crippen LogP contribution in [0.4, 0.5) is 0 Å². The number of nitrogens with zero attached hydrogens (tertiary/aromatic N) is 1. The SMILES string of the molecule is C=C1CCCC(C)(C)[C@@H]2CCC[C@]12C#N. The van der Waals surface area contributed by atoms with Gasteiger partial charge in [0.05, 0.1) is 11.5 Å². The van der Waals surface area contributed by atoms with Crippen molar-refractivity contribution in [1.29, 1.82) is 5.26 Å². The van der Waals surface area contributed by atoms with Crippen molar-refractivity contribution < 1.29 is 0 Å². The minimum atomic E-state index is -0.181. The lowest BCUT2D eigenvalue weighted by Gasteiger charge is -2.38. The highest BCUT2D eigenvalue weighted by Gasteiger charge is 2.52. The molecule has 2 saturated carbocycles. The molecule has 2 aliphatic rings. The molecule has 0 radical (unpaired) electrons. The first-order valence-corrected chi connectivity index (χ1v) is 6.12. The Balaban J connectivity index is 2.45. The summed E-state index contributed by atoms with van der Waals surface area (Å²) in [6.45, 7) is 8.88. The lowest BCUT2D eigenvalue weighted by Crippen LogP contribution is -2.34. The Kier molecular flexibility index (Phi) is 2.41. The molecule has 82 valence electrons. The van der Waals surface area contributed by atoms with E-state index in [1.807, 2.05) is 0 Å². The molecule has 2 rings (SSSR count). The summed E-state index contributed by atoms with van der Waals surface area (Å²) in [6, 6.07) is 2.63. The molecular weight excluding hydrogens is 182 g/mol. The third kappa shape index (κ3) is 1.42. The van der Waals surface area contributed by atoms with E-state index in [2.05, 4.69) is 26.5 Å². The van der Waals surface area contributed by atoms with Crippen LogP contribution in [0.3, 0.4) is 0 Å². The lowest BCUT2D eigenvalue weighted by molar-refractivity contribution is 0.143. The van der Waals surface area contributed by atoms with Crippen LogP contribution in [0.15, 0.2) is 12.2 Å². The highest BCUT2D eigenvalue weighted by atomic mass is 14.6. The highest BCUT2D eigenvalue weighted by molar-refractivity contribution is 5.27. The van der Waals surface area contributed by atoms with Crippen molar-refractivity contribution in [3.63, 3.8) is 0 Å². The molecular formula is C14H21N. The van der Waals surface area contributed by atoms with Gasteiger partial charge in [0, 0.05) is 0 Å². The van der Waals surface area contributed by atoms with E-state index in [1.165, 1.54) is 31.3 Å². The first-order chi connectivity index (χ1) is 7.03. The van der Waals surface area contributed by atoms with E-state index >= 15 is 0 Å². The fourth-order valence-electron chi connectivity index (χ4n) is 3.85. The van der Waals surface area contributed by atoms with Crippen molar-refractivity contribution in [2.75, 3.05) is 0 Å². The summed E-state index contributed by atoms with van der Waals surface area (Å²) >= 11 is 0. The van der Waals surface area contributed by atoms with Gasteiger partial charge in [-0.3, -0.25) is 0 Å². The lowest BCUT2D eigenvalue weighted by atomic mass is 9.63. The van der Waals surface area contributed by atoms with E-state index in [1.54, 1.807) is 0 Å². The number of allylic oxidation sites excluding steroid dienone is 1. The zero-order valence-electron chi connectivity index (χ0n) is 9.97. The molecule has 0 aliphatic heterocycles. The molecule has 2 aliphatic carbocycles. The monoisotopic (exact) mass is 203 g/mol. The van der Waals surface area contributed by atoms with Crippen molar-refractivity contribution in [1.82, 2.24) is 0 Å². The second kappa shape index (κ2) is 3.37. The average molecular weight is 203 g/mol. The molecule has 1 nitrogen and oxygen atoms in total. The molecule has 0 aromatic rings. The van der Waals surface area contributed by atoms with Crippen molar-refractivity contribution in [2.24, 2.45) is 16.7 Å². The van der Waals surface area contributed by atoms with Crippen LogP contribution in [-0.4, -0.2) is 0 Å². The predicted molar refractivity (Wildman–Crippen MR) is 62.2 cm³/mol. The van der Waals surface area contributed by atoms with E-state index < -0.39 is 0 Å². The van der Waals surface area contributed by atoms with Gasteiger partial charge in [0.15, 0.2) is 0 Å². The third-order valence-electron chi connectivity index (χ3n) is 4.73. The van der Waals surface area contributed by atoms with Gasteiger partial charge in [0.2, 0.25) is 0 Å². The van der Waals surface area contributed by atoms with Gasteiger partial charge in [0.1, 0.15) is 0 Å². The second-order valence-electron chi connectivity index (χ2n) is 5.97. The first kappa shape index (κ1) is 10.7. The molecule has 0 spiro atoms. The molecule has 0 amide bonds. The molecule has 0 unspecified atom stereocenters. The molecule has 0 bridgehead atoms. The Morgan fingerprint density at radius 1 is 1.33 bits per heavy atom. The predicted octanol–water partition coefficient (Wildman–Crippen LogP) is 4.06. The summed E-state index contributed by atoms with van der Waals surface area (Å²) < 4.78 is 0. The average Bonchev–Trinajstić information content (AvgIpc) is 2.59. The van der Waals surface area contributed by atoms with Gasteiger partial charge >= 0.3 is 0 Å². The Morgan fingerprint density at radius 2 is 2.07 bits per heavy atom. The van der Waals surface area contributed by atoms with Crippen LogP contribution in [-0.2, 0) is 0 Å². The van der Waals surface area contributed by atoms with Crippen molar-refractivity contribution >= 4 is 0 Å². The maximum Gasteiger partial charge on any atom is 0.0813 e. The van der Waals surface area contributed by atoms with E-state index in [0.29, 0.717) is 11.3 Å². The summed E-state index contributed by atoms with van der Waals surface area (Å²) in [7, 11) is 0. The summed E-state index contributed by atoms with van der Waals surface area (Å²) in [5.74, 6) is 0.546. The normalized spacial score (nSPS) is 39.3. The van der Waals surface area contributed by atoms with Crippen LogP contribution < -0.4 is 0 Å². The van der Waals surface area contributed by atoms with Crippen LogP contribution in [0.2, 0.25) is 0 Å².